The van der Waals surface area contributed by atoms with Crippen molar-refractivity contribution in [2.45, 2.75) is 52.4 Å². The molecule has 0 bridgehead atoms. The van der Waals surface area contributed by atoms with Crippen molar-refractivity contribution in [3.63, 3.8) is 0 Å². The molecule has 1 aliphatic carbocycles. The number of allylic oxidation sites excluding steroid dienone is 4. The molecule has 0 amide bonds. The van der Waals surface area contributed by atoms with Gasteiger partial charge >= 0.3 is 0 Å². The van der Waals surface area contributed by atoms with Gasteiger partial charge in [0.2, 0.25) is 10.7 Å². The van der Waals surface area contributed by atoms with Gasteiger partial charge in [0, 0.05) is 6.42 Å². The molecular formula is C21H26N4O3S. The molecule has 0 spiro atoms. The van der Waals surface area contributed by atoms with Gasteiger partial charge in [-0.05, 0) is 37.1 Å². The highest BCUT2D eigenvalue weighted by atomic mass is 32.1. The van der Waals surface area contributed by atoms with Crippen LogP contribution >= 0.6 is 11.3 Å². The third kappa shape index (κ3) is 5.00. The maximum absolute atomic E-state index is 12.5. The lowest BCUT2D eigenvalue weighted by Crippen LogP contribution is -2.17. The molecule has 0 aliphatic heterocycles. The van der Waals surface area contributed by atoms with Crippen LogP contribution in [0.1, 0.15) is 56.5 Å². The fourth-order valence-corrected chi connectivity index (χ4v) is 4.02. The maximum Gasteiger partial charge on any atom is 0.283 e. The summed E-state index contributed by atoms with van der Waals surface area (Å²) in [6.45, 7) is 4.39. The SMILES string of the molecule is CCCCCCCc1nn2c(N)c(C=C3C=CC(=O)C(OCC)=C3)c(=O)nc2s1. The minimum absolute atomic E-state index is 0.203. The lowest BCUT2D eigenvalue weighted by atomic mass is 10.0. The zero-order chi connectivity index (χ0) is 20.8. The highest BCUT2D eigenvalue weighted by Gasteiger charge is 2.16. The lowest BCUT2D eigenvalue weighted by molar-refractivity contribution is -0.114. The summed E-state index contributed by atoms with van der Waals surface area (Å²) in [7, 11) is 0. The number of anilines is 1. The number of nitrogens with zero attached hydrogens (tertiary/aromatic N) is 3. The van der Waals surface area contributed by atoms with Crippen molar-refractivity contribution in [3.8, 4) is 0 Å². The van der Waals surface area contributed by atoms with Gasteiger partial charge in [-0.2, -0.15) is 14.6 Å². The number of ketones is 1. The molecule has 29 heavy (non-hydrogen) atoms. The molecule has 0 fully saturated rings. The number of unbranched alkanes of at least 4 members (excludes halogenated alkanes) is 4. The zero-order valence-corrected chi connectivity index (χ0v) is 17.6. The minimum atomic E-state index is -0.412. The van der Waals surface area contributed by atoms with Crippen LogP contribution in [0, 0.1) is 0 Å². The molecule has 2 N–H and O–H groups in total. The predicted octanol–water partition coefficient (Wildman–Crippen LogP) is 3.69. The molecule has 2 aromatic rings. The minimum Gasteiger partial charge on any atom is -0.490 e. The largest absolute Gasteiger partial charge is 0.490 e. The Morgan fingerprint density at radius 2 is 1.97 bits per heavy atom. The first-order valence-electron chi connectivity index (χ1n) is 10.00. The molecule has 0 saturated carbocycles. The normalized spacial score (nSPS) is 15.3. The Labute approximate surface area is 173 Å². The van der Waals surface area contributed by atoms with Gasteiger partial charge in [0.25, 0.3) is 5.56 Å². The smallest absolute Gasteiger partial charge is 0.283 e. The number of aryl methyl sites for hydroxylation is 1. The van der Waals surface area contributed by atoms with Crippen molar-refractivity contribution < 1.29 is 9.53 Å². The number of hydrogen-bond acceptors (Lipinski definition) is 7. The number of hydrogen-bond donors (Lipinski definition) is 1. The summed E-state index contributed by atoms with van der Waals surface area (Å²) in [6, 6.07) is 0. The third-order valence-corrected chi connectivity index (χ3v) is 5.57. The Bertz CT molecular complexity index is 1050. The van der Waals surface area contributed by atoms with E-state index in [1.807, 2.05) is 6.92 Å². The molecular weight excluding hydrogens is 388 g/mol. The second kappa shape index (κ2) is 9.65. The number of nitrogen functional groups attached to an aromatic ring is 1. The molecule has 0 radical (unpaired) electrons. The monoisotopic (exact) mass is 414 g/mol. The van der Waals surface area contributed by atoms with Crippen molar-refractivity contribution in [2.24, 2.45) is 0 Å². The van der Waals surface area contributed by atoms with Crippen LogP contribution in [-0.4, -0.2) is 27.0 Å². The van der Waals surface area contributed by atoms with E-state index in [9.17, 15) is 9.59 Å². The first-order valence-corrected chi connectivity index (χ1v) is 10.8. The number of aromatic nitrogens is 3. The number of carbonyl (C=O) groups is 1. The molecule has 2 heterocycles. The van der Waals surface area contributed by atoms with Gasteiger partial charge in [0.05, 0.1) is 12.2 Å². The van der Waals surface area contributed by atoms with Gasteiger partial charge in [-0.15, -0.1) is 0 Å². The van der Waals surface area contributed by atoms with Crippen molar-refractivity contribution in [3.05, 3.63) is 50.5 Å². The van der Waals surface area contributed by atoms with E-state index >= 15 is 0 Å². The maximum atomic E-state index is 12.5. The van der Waals surface area contributed by atoms with Crippen LogP contribution < -0.4 is 11.3 Å². The number of rotatable bonds is 9. The Kier molecular flexibility index (Phi) is 6.98. The van der Waals surface area contributed by atoms with E-state index in [4.69, 9.17) is 10.5 Å². The molecule has 0 saturated heterocycles. The zero-order valence-electron chi connectivity index (χ0n) is 16.8. The second-order valence-corrected chi connectivity index (χ2v) is 7.89. The van der Waals surface area contributed by atoms with E-state index in [1.165, 1.54) is 47.6 Å². The van der Waals surface area contributed by atoms with E-state index in [0.717, 1.165) is 17.8 Å². The van der Waals surface area contributed by atoms with Crippen LogP contribution in [0.4, 0.5) is 5.82 Å². The Morgan fingerprint density at radius 1 is 1.17 bits per heavy atom. The molecule has 0 unspecified atom stereocenters. The van der Waals surface area contributed by atoms with E-state index in [0.29, 0.717) is 17.1 Å². The molecule has 1 aliphatic rings. The lowest BCUT2D eigenvalue weighted by Gasteiger charge is -2.10. The first-order chi connectivity index (χ1) is 14.0. The van der Waals surface area contributed by atoms with Gasteiger partial charge in [-0.25, -0.2) is 0 Å². The predicted molar refractivity (Wildman–Crippen MR) is 116 cm³/mol. The average molecular weight is 415 g/mol. The molecule has 8 heteroatoms. The Balaban J connectivity index is 1.87. The van der Waals surface area contributed by atoms with Crippen LogP contribution in [0.25, 0.3) is 11.0 Å². The van der Waals surface area contributed by atoms with E-state index in [-0.39, 0.29) is 22.9 Å². The number of ether oxygens (including phenoxy) is 1. The van der Waals surface area contributed by atoms with Gasteiger partial charge in [-0.1, -0.05) is 50.0 Å². The number of carbonyl (C=O) groups excluding carboxylic acids is 1. The summed E-state index contributed by atoms with van der Waals surface area (Å²) < 4.78 is 6.87. The summed E-state index contributed by atoms with van der Waals surface area (Å²) in [5.41, 5.74) is 6.73. The van der Waals surface area contributed by atoms with Gasteiger partial charge < -0.3 is 10.5 Å². The molecule has 3 rings (SSSR count). The van der Waals surface area contributed by atoms with Gasteiger partial charge in [-0.3, -0.25) is 9.59 Å². The quantitative estimate of drug-likeness (QED) is 0.628. The van der Waals surface area contributed by atoms with E-state index in [1.54, 1.807) is 18.2 Å². The highest BCUT2D eigenvalue weighted by molar-refractivity contribution is 7.16. The molecule has 154 valence electrons. The van der Waals surface area contributed by atoms with Crippen molar-refractivity contribution in [1.82, 2.24) is 14.6 Å². The van der Waals surface area contributed by atoms with Gasteiger partial charge in [0.15, 0.2) is 5.76 Å². The average Bonchev–Trinajstić information content (AvgIpc) is 3.10. The summed E-state index contributed by atoms with van der Waals surface area (Å²) in [5.74, 6) is 0.288. The molecule has 7 nitrogen and oxygen atoms in total. The first kappa shape index (κ1) is 21.0. The Hall–Kier alpha value is -2.74. The molecule has 0 atom stereocenters. The summed E-state index contributed by atoms with van der Waals surface area (Å²) in [6.07, 6.45) is 13.0. The fourth-order valence-electron chi connectivity index (χ4n) is 3.09. The van der Waals surface area contributed by atoms with Gasteiger partial charge in [0.1, 0.15) is 10.8 Å². The fraction of sp³-hybridized carbons (Fsp3) is 0.429. The summed E-state index contributed by atoms with van der Waals surface area (Å²) in [5, 5.41) is 5.47. The van der Waals surface area contributed by atoms with Crippen molar-refractivity contribution in [2.75, 3.05) is 12.3 Å². The van der Waals surface area contributed by atoms with Crippen LogP contribution in [-0.2, 0) is 16.0 Å². The highest BCUT2D eigenvalue weighted by Crippen LogP contribution is 2.22. The second-order valence-electron chi connectivity index (χ2n) is 6.85. The number of nitrogens with two attached hydrogens (primary N) is 1. The summed E-state index contributed by atoms with van der Waals surface area (Å²) in [4.78, 5) is 29.0. The third-order valence-electron chi connectivity index (χ3n) is 4.61. The van der Waals surface area contributed by atoms with Crippen LogP contribution in [0.5, 0.6) is 0 Å². The molecule has 2 aromatic heterocycles. The van der Waals surface area contributed by atoms with Crippen LogP contribution in [0.2, 0.25) is 0 Å². The van der Waals surface area contributed by atoms with Crippen molar-refractivity contribution in [1.29, 1.82) is 0 Å². The summed E-state index contributed by atoms with van der Waals surface area (Å²) >= 11 is 1.40. The Morgan fingerprint density at radius 3 is 2.72 bits per heavy atom. The molecule has 0 aromatic carbocycles. The van der Waals surface area contributed by atoms with Crippen LogP contribution in [0.3, 0.4) is 0 Å². The standard InChI is InChI=1S/C21H26N4O3S/c1-3-5-6-7-8-9-18-24-25-19(22)15(20(27)23-21(25)29-18)12-14-10-11-16(26)17(13-14)28-4-2/h10-13H,3-9,22H2,1-2H3. The van der Waals surface area contributed by atoms with Crippen LogP contribution in [0.15, 0.2) is 34.4 Å². The van der Waals surface area contributed by atoms with E-state index in [2.05, 4.69) is 17.0 Å². The van der Waals surface area contributed by atoms with Crippen molar-refractivity contribution >= 4 is 34.0 Å². The van der Waals surface area contributed by atoms with E-state index < -0.39 is 5.56 Å². The number of fused-ring (bicyclic) bond motifs is 1. The topological polar surface area (TPSA) is 99.6 Å².